The molecule has 1 aliphatic rings. The van der Waals surface area contributed by atoms with E-state index in [9.17, 15) is 9.59 Å². The molecule has 0 unspecified atom stereocenters. The number of carbonyl (C=O) groups is 1. The van der Waals surface area contributed by atoms with Crippen molar-refractivity contribution in [2.75, 3.05) is 0 Å². The maximum atomic E-state index is 12.5. The Kier molecular flexibility index (Phi) is 3.21. The van der Waals surface area contributed by atoms with Crippen molar-refractivity contribution in [3.8, 4) is 0 Å². The number of nitrogens with zero attached hydrogens (tertiary/aromatic N) is 1. The van der Waals surface area contributed by atoms with Crippen molar-refractivity contribution in [1.29, 1.82) is 0 Å². The Balaban J connectivity index is 1.84. The summed E-state index contributed by atoms with van der Waals surface area (Å²) in [5.74, 6) is -0.0893. The van der Waals surface area contributed by atoms with E-state index in [1.807, 2.05) is 22.4 Å². The molecule has 0 radical (unpaired) electrons. The number of hydrogen-bond donors (Lipinski definition) is 1. The zero-order chi connectivity index (χ0) is 13.2. The monoisotopic (exact) mass is 274 g/mol. The third kappa shape index (κ3) is 2.76. The second-order valence-corrected chi connectivity index (χ2v) is 5.70. The van der Waals surface area contributed by atoms with Gasteiger partial charge in [-0.2, -0.15) is 0 Å². The van der Waals surface area contributed by atoms with Gasteiger partial charge in [0.25, 0.3) is 5.91 Å². The van der Waals surface area contributed by atoms with Crippen LogP contribution in [0.4, 0.5) is 0 Å². The zero-order valence-corrected chi connectivity index (χ0v) is 11.2. The first-order valence-corrected chi connectivity index (χ1v) is 7.15. The van der Waals surface area contributed by atoms with Crippen LogP contribution < -0.4 is 5.56 Å². The third-order valence-electron chi connectivity index (χ3n) is 3.15. The van der Waals surface area contributed by atoms with Crippen LogP contribution in [-0.2, 0) is 6.54 Å². The summed E-state index contributed by atoms with van der Waals surface area (Å²) in [5, 5.41) is 2.01. The Morgan fingerprint density at radius 2 is 2.16 bits per heavy atom. The minimum Gasteiger partial charge on any atom is -0.329 e. The first-order chi connectivity index (χ1) is 9.24. The van der Waals surface area contributed by atoms with Crippen LogP contribution in [0.15, 0.2) is 40.5 Å². The van der Waals surface area contributed by atoms with Gasteiger partial charge in [0.15, 0.2) is 0 Å². The molecule has 5 heteroatoms. The molecule has 3 rings (SSSR count). The fourth-order valence-electron chi connectivity index (χ4n) is 2.05. The van der Waals surface area contributed by atoms with E-state index >= 15 is 0 Å². The summed E-state index contributed by atoms with van der Waals surface area (Å²) in [7, 11) is 0. The van der Waals surface area contributed by atoms with Crippen LogP contribution in [0.25, 0.3) is 0 Å². The summed E-state index contributed by atoms with van der Waals surface area (Å²) in [5.41, 5.74) is 0.133. The van der Waals surface area contributed by atoms with Crippen molar-refractivity contribution in [2.45, 2.75) is 25.4 Å². The standard InChI is InChI=1S/C14H14N2O2S/c17-13-5-1-4-12(15-13)14(18)16(10-6-7-10)9-11-3-2-8-19-11/h1-5,8,10H,6-7,9H2,(H,15,17). The number of carbonyl (C=O) groups excluding carboxylic acids is 1. The summed E-state index contributed by atoms with van der Waals surface area (Å²) in [6, 6.07) is 9.02. The first-order valence-electron chi connectivity index (χ1n) is 6.27. The van der Waals surface area contributed by atoms with E-state index in [-0.39, 0.29) is 11.5 Å². The summed E-state index contributed by atoms with van der Waals surface area (Å²) >= 11 is 1.65. The normalized spacial score (nSPS) is 14.3. The number of H-pyrrole nitrogens is 1. The maximum absolute atomic E-state index is 12.5. The Morgan fingerprint density at radius 1 is 1.32 bits per heavy atom. The number of nitrogens with one attached hydrogen (secondary N) is 1. The quantitative estimate of drug-likeness (QED) is 0.929. The lowest BCUT2D eigenvalue weighted by Crippen LogP contribution is -2.33. The predicted octanol–water partition coefficient (Wildman–Crippen LogP) is 2.24. The molecule has 98 valence electrons. The molecule has 1 fully saturated rings. The fourth-order valence-corrected chi connectivity index (χ4v) is 2.75. The zero-order valence-electron chi connectivity index (χ0n) is 10.3. The smallest absolute Gasteiger partial charge is 0.270 e. The lowest BCUT2D eigenvalue weighted by molar-refractivity contribution is 0.0725. The van der Waals surface area contributed by atoms with E-state index in [1.165, 1.54) is 10.9 Å². The van der Waals surface area contributed by atoms with E-state index in [1.54, 1.807) is 23.5 Å². The minimum absolute atomic E-state index is 0.0893. The molecule has 19 heavy (non-hydrogen) atoms. The van der Waals surface area contributed by atoms with Crippen molar-refractivity contribution >= 4 is 17.2 Å². The number of aromatic amines is 1. The Bertz CT molecular complexity index is 629. The van der Waals surface area contributed by atoms with Gasteiger partial charge >= 0.3 is 0 Å². The summed E-state index contributed by atoms with van der Waals surface area (Å²) in [6.07, 6.45) is 2.10. The molecule has 4 nitrogen and oxygen atoms in total. The molecular formula is C14H14N2O2S. The number of pyridine rings is 1. The topological polar surface area (TPSA) is 53.2 Å². The lowest BCUT2D eigenvalue weighted by Gasteiger charge is -2.21. The van der Waals surface area contributed by atoms with Crippen molar-refractivity contribution < 1.29 is 4.79 Å². The molecule has 0 spiro atoms. The van der Waals surface area contributed by atoms with Crippen molar-refractivity contribution in [2.24, 2.45) is 0 Å². The first kappa shape index (κ1) is 12.2. The largest absolute Gasteiger partial charge is 0.329 e. The van der Waals surface area contributed by atoms with E-state index in [0.29, 0.717) is 18.3 Å². The predicted molar refractivity (Wildman–Crippen MR) is 74.3 cm³/mol. The highest BCUT2D eigenvalue weighted by atomic mass is 32.1. The molecule has 0 aromatic carbocycles. The molecular weight excluding hydrogens is 260 g/mol. The third-order valence-corrected chi connectivity index (χ3v) is 4.01. The van der Waals surface area contributed by atoms with Crippen LogP contribution in [0, 0.1) is 0 Å². The molecule has 1 N–H and O–H groups in total. The Hall–Kier alpha value is -1.88. The average molecular weight is 274 g/mol. The van der Waals surface area contributed by atoms with E-state index in [2.05, 4.69) is 4.98 Å². The average Bonchev–Trinajstić information content (AvgIpc) is 3.12. The van der Waals surface area contributed by atoms with Gasteiger partial charge in [-0.1, -0.05) is 12.1 Å². The second kappa shape index (κ2) is 5.01. The van der Waals surface area contributed by atoms with Gasteiger partial charge in [0.2, 0.25) is 5.56 Å². The van der Waals surface area contributed by atoms with Crippen molar-refractivity contribution in [3.63, 3.8) is 0 Å². The van der Waals surface area contributed by atoms with Crippen LogP contribution in [-0.4, -0.2) is 21.8 Å². The van der Waals surface area contributed by atoms with Gasteiger partial charge in [-0.15, -0.1) is 11.3 Å². The highest BCUT2D eigenvalue weighted by Crippen LogP contribution is 2.30. The number of amides is 1. The SMILES string of the molecule is O=C(c1cccc(=O)[nH]1)N(Cc1cccs1)C1CC1. The summed E-state index contributed by atoms with van der Waals surface area (Å²) in [4.78, 5) is 29.4. The molecule has 1 aliphatic carbocycles. The fraction of sp³-hybridized carbons (Fsp3) is 0.286. The molecule has 0 atom stereocenters. The van der Waals surface area contributed by atoms with E-state index in [0.717, 1.165) is 12.8 Å². The number of rotatable bonds is 4. The number of hydrogen-bond acceptors (Lipinski definition) is 3. The van der Waals surface area contributed by atoms with Gasteiger partial charge in [0, 0.05) is 17.0 Å². The van der Waals surface area contributed by atoms with Gasteiger partial charge in [-0.25, -0.2) is 0 Å². The molecule has 0 aliphatic heterocycles. The van der Waals surface area contributed by atoms with Crippen LogP contribution in [0.1, 0.15) is 28.2 Å². The molecule has 1 amide bonds. The van der Waals surface area contributed by atoms with Gasteiger partial charge < -0.3 is 9.88 Å². The second-order valence-electron chi connectivity index (χ2n) is 4.67. The van der Waals surface area contributed by atoms with Crippen LogP contribution >= 0.6 is 11.3 Å². The van der Waals surface area contributed by atoms with Crippen LogP contribution in [0.2, 0.25) is 0 Å². The van der Waals surface area contributed by atoms with Gasteiger partial charge in [-0.3, -0.25) is 9.59 Å². The molecule has 1 saturated carbocycles. The summed E-state index contributed by atoms with van der Waals surface area (Å²) < 4.78 is 0. The highest BCUT2D eigenvalue weighted by molar-refractivity contribution is 7.09. The van der Waals surface area contributed by atoms with E-state index in [4.69, 9.17) is 0 Å². The van der Waals surface area contributed by atoms with Gasteiger partial charge in [-0.05, 0) is 30.4 Å². The maximum Gasteiger partial charge on any atom is 0.270 e. The molecule has 2 heterocycles. The number of thiophene rings is 1. The molecule has 2 aromatic heterocycles. The molecule has 0 bridgehead atoms. The Morgan fingerprint density at radius 3 is 2.79 bits per heavy atom. The van der Waals surface area contributed by atoms with E-state index < -0.39 is 0 Å². The van der Waals surface area contributed by atoms with Crippen molar-refractivity contribution in [3.05, 3.63) is 56.6 Å². The molecule has 2 aromatic rings. The van der Waals surface area contributed by atoms with Crippen molar-refractivity contribution in [1.82, 2.24) is 9.88 Å². The summed E-state index contributed by atoms with van der Waals surface area (Å²) in [6.45, 7) is 0.623. The van der Waals surface area contributed by atoms with Gasteiger partial charge in [0.05, 0.1) is 6.54 Å². The van der Waals surface area contributed by atoms with Crippen LogP contribution in [0.5, 0.6) is 0 Å². The minimum atomic E-state index is -0.238. The Labute approximate surface area is 114 Å². The number of aromatic nitrogens is 1. The van der Waals surface area contributed by atoms with Crippen LogP contribution in [0.3, 0.4) is 0 Å². The molecule has 0 saturated heterocycles. The lowest BCUT2D eigenvalue weighted by atomic mass is 10.3. The van der Waals surface area contributed by atoms with Gasteiger partial charge in [0.1, 0.15) is 5.69 Å². The highest BCUT2D eigenvalue weighted by Gasteiger charge is 2.33.